The number of benzene rings is 1. The monoisotopic (exact) mass is 243 g/mol. The van der Waals surface area contributed by atoms with Gasteiger partial charge in [-0.3, -0.25) is 10.1 Å². The summed E-state index contributed by atoms with van der Waals surface area (Å²) < 4.78 is 0.944. The molecule has 0 atom stereocenters. The van der Waals surface area contributed by atoms with Crippen LogP contribution in [0.4, 0.5) is 0 Å². The molecule has 70 valence electrons. The van der Waals surface area contributed by atoms with Gasteiger partial charge in [0.05, 0.1) is 0 Å². The van der Waals surface area contributed by atoms with Crippen molar-refractivity contribution in [2.45, 2.75) is 13.3 Å². The second-order valence-electron chi connectivity index (χ2n) is 2.90. The number of rotatable bonds is 3. The lowest BCUT2D eigenvalue weighted by molar-refractivity contribution is -0.479. The zero-order valence-electron chi connectivity index (χ0n) is 7.29. The van der Waals surface area contributed by atoms with Crippen LogP contribution in [0.25, 0.3) is 0 Å². The normalized spacial score (nSPS) is 10.0. The Labute approximate surface area is 85.0 Å². The molecular formula is C9H10BrNO2. The lowest BCUT2D eigenvalue weighted by Crippen LogP contribution is -2.04. The van der Waals surface area contributed by atoms with Crippen LogP contribution in [0.1, 0.15) is 11.1 Å². The number of hydrogen-bond donors (Lipinski definition) is 0. The number of aryl methyl sites for hydroxylation is 1. The molecule has 0 saturated heterocycles. The van der Waals surface area contributed by atoms with Gasteiger partial charge in [0.15, 0.2) is 0 Å². The molecule has 1 aromatic rings. The summed E-state index contributed by atoms with van der Waals surface area (Å²) in [6.45, 7) is 1.96. The first-order chi connectivity index (χ1) is 6.09. The third-order valence-corrected chi connectivity index (χ3v) is 2.54. The number of halogens is 1. The number of nitro groups is 1. The summed E-state index contributed by atoms with van der Waals surface area (Å²) in [5, 5.41) is 10.2. The van der Waals surface area contributed by atoms with Crippen molar-refractivity contribution in [2.75, 3.05) is 6.54 Å². The first-order valence-electron chi connectivity index (χ1n) is 3.96. The summed E-state index contributed by atoms with van der Waals surface area (Å²) in [4.78, 5) is 9.86. The maximum Gasteiger partial charge on any atom is 0.207 e. The molecule has 0 radical (unpaired) electrons. The highest BCUT2D eigenvalue weighted by Gasteiger charge is 2.03. The van der Waals surface area contributed by atoms with E-state index in [-0.39, 0.29) is 11.5 Å². The Balaban J connectivity index is 2.75. The van der Waals surface area contributed by atoms with Crippen LogP contribution in [0.15, 0.2) is 22.7 Å². The molecule has 0 amide bonds. The molecule has 4 heteroatoms. The molecule has 0 aliphatic heterocycles. The molecule has 0 fully saturated rings. The molecular weight excluding hydrogens is 234 g/mol. The minimum Gasteiger partial charge on any atom is -0.265 e. The van der Waals surface area contributed by atoms with Crippen LogP contribution in [0, 0.1) is 17.0 Å². The molecule has 13 heavy (non-hydrogen) atoms. The van der Waals surface area contributed by atoms with Gasteiger partial charge in [0.2, 0.25) is 6.54 Å². The molecule has 1 rings (SSSR count). The molecule has 0 N–H and O–H groups in total. The summed E-state index contributed by atoms with van der Waals surface area (Å²) >= 11 is 3.36. The SMILES string of the molecule is Cc1ccc(Br)c(CC[N+](=O)[O-])c1. The average molecular weight is 244 g/mol. The van der Waals surface area contributed by atoms with Crippen LogP contribution in [0.3, 0.4) is 0 Å². The van der Waals surface area contributed by atoms with Crippen LogP contribution >= 0.6 is 15.9 Å². The molecule has 0 bridgehead atoms. The fraction of sp³-hybridized carbons (Fsp3) is 0.333. The van der Waals surface area contributed by atoms with Crippen LogP contribution in [-0.4, -0.2) is 11.5 Å². The molecule has 0 aliphatic carbocycles. The zero-order valence-corrected chi connectivity index (χ0v) is 8.87. The van der Waals surface area contributed by atoms with E-state index in [9.17, 15) is 10.1 Å². The Morgan fingerprint density at radius 2 is 2.23 bits per heavy atom. The highest BCUT2D eigenvalue weighted by atomic mass is 79.9. The maximum absolute atomic E-state index is 10.2. The lowest BCUT2D eigenvalue weighted by atomic mass is 10.1. The highest BCUT2D eigenvalue weighted by Crippen LogP contribution is 2.18. The molecule has 0 aliphatic rings. The van der Waals surface area contributed by atoms with Crippen LogP contribution < -0.4 is 0 Å². The molecule has 0 heterocycles. The Hall–Kier alpha value is -0.900. The van der Waals surface area contributed by atoms with Crippen molar-refractivity contribution in [2.24, 2.45) is 0 Å². The Morgan fingerprint density at radius 1 is 1.54 bits per heavy atom. The van der Waals surface area contributed by atoms with Crippen molar-refractivity contribution in [3.63, 3.8) is 0 Å². The average Bonchev–Trinajstić information content (AvgIpc) is 2.06. The molecule has 3 nitrogen and oxygen atoms in total. The Morgan fingerprint density at radius 3 is 2.85 bits per heavy atom. The molecule has 1 aromatic carbocycles. The zero-order chi connectivity index (χ0) is 9.84. The number of nitrogens with zero attached hydrogens (tertiary/aromatic N) is 1. The predicted octanol–water partition coefficient (Wildman–Crippen LogP) is 2.58. The van der Waals surface area contributed by atoms with Crippen LogP contribution in [-0.2, 0) is 6.42 Å². The van der Waals surface area contributed by atoms with Gasteiger partial charge in [-0.2, -0.15) is 0 Å². The topological polar surface area (TPSA) is 43.1 Å². The van der Waals surface area contributed by atoms with Crippen LogP contribution in [0.5, 0.6) is 0 Å². The molecule has 0 aromatic heterocycles. The van der Waals surface area contributed by atoms with E-state index in [0.29, 0.717) is 6.42 Å². The standard InChI is InChI=1S/C9H10BrNO2/c1-7-2-3-9(10)8(6-7)4-5-11(12)13/h2-3,6H,4-5H2,1H3. The molecule has 0 saturated carbocycles. The van der Waals surface area contributed by atoms with E-state index in [2.05, 4.69) is 15.9 Å². The second-order valence-corrected chi connectivity index (χ2v) is 3.76. The van der Waals surface area contributed by atoms with Crippen LogP contribution in [0.2, 0.25) is 0 Å². The fourth-order valence-electron chi connectivity index (χ4n) is 1.11. The minimum absolute atomic E-state index is 0.0119. The van der Waals surface area contributed by atoms with Gasteiger partial charge < -0.3 is 0 Å². The smallest absolute Gasteiger partial charge is 0.207 e. The quantitative estimate of drug-likeness (QED) is 0.605. The largest absolute Gasteiger partial charge is 0.265 e. The van der Waals surface area contributed by atoms with Gasteiger partial charge in [-0.25, -0.2) is 0 Å². The first kappa shape index (κ1) is 10.2. The van der Waals surface area contributed by atoms with Crippen molar-refractivity contribution in [3.05, 3.63) is 43.9 Å². The summed E-state index contributed by atoms with van der Waals surface area (Å²) in [6, 6.07) is 5.86. The van der Waals surface area contributed by atoms with E-state index in [1.807, 2.05) is 25.1 Å². The van der Waals surface area contributed by atoms with Crippen molar-refractivity contribution in [1.82, 2.24) is 0 Å². The van der Waals surface area contributed by atoms with Gasteiger partial charge in [-0.15, -0.1) is 0 Å². The third kappa shape index (κ3) is 3.14. The summed E-state index contributed by atoms with van der Waals surface area (Å²) in [6.07, 6.45) is 0.481. The van der Waals surface area contributed by atoms with E-state index in [4.69, 9.17) is 0 Å². The van der Waals surface area contributed by atoms with Gasteiger partial charge in [0.25, 0.3) is 0 Å². The molecule has 0 unspecified atom stereocenters. The Kier molecular flexibility index (Phi) is 3.42. The van der Waals surface area contributed by atoms with Crippen molar-refractivity contribution >= 4 is 15.9 Å². The Bertz CT molecular complexity index is 325. The van der Waals surface area contributed by atoms with Crippen molar-refractivity contribution in [3.8, 4) is 0 Å². The summed E-state index contributed by atoms with van der Waals surface area (Å²) in [7, 11) is 0. The summed E-state index contributed by atoms with van der Waals surface area (Å²) in [5.41, 5.74) is 2.12. The lowest BCUT2D eigenvalue weighted by Gasteiger charge is -2.02. The van der Waals surface area contributed by atoms with Crippen molar-refractivity contribution < 1.29 is 4.92 Å². The maximum atomic E-state index is 10.2. The summed E-state index contributed by atoms with van der Waals surface area (Å²) in [5.74, 6) is 0. The van der Waals surface area contributed by atoms with E-state index in [1.54, 1.807) is 0 Å². The van der Waals surface area contributed by atoms with E-state index in [0.717, 1.165) is 15.6 Å². The molecule has 0 spiro atoms. The van der Waals surface area contributed by atoms with Gasteiger partial charge in [-0.1, -0.05) is 33.6 Å². The van der Waals surface area contributed by atoms with Gasteiger partial charge in [0.1, 0.15) is 0 Å². The first-order valence-corrected chi connectivity index (χ1v) is 4.75. The number of hydrogen-bond acceptors (Lipinski definition) is 2. The predicted molar refractivity (Wildman–Crippen MR) is 54.4 cm³/mol. The third-order valence-electron chi connectivity index (χ3n) is 1.76. The van der Waals surface area contributed by atoms with Gasteiger partial charge in [-0.05, 0) is 18.6 Å². The van der Waals surface area contributed by atoms with Gasteiger partial charge in [0, 0.05) is 15.8 Å². The minimum atomic E-state index is -0.297. The van der Waals surface area contributed by atoms with E-state index >= 15 is 0 Å². The van der Waals surface area contributed by atoms with E-state index < -0.39 is 0 Å². The highest BCUT2D eigenvalue weighted by molar-refractivity contribution is 9.10. The fourth-order valence-corrected chi connectivity index (χ4v) is 1.55. The van der Waals surface area contributed by atoms with Gasteiger partial charge >= 0.3 is 0 Å². The van der Waals surface area contributed by atoms with E-state index in [1.165, 1.54) is 0 Å². The van der Waals surface area contributed by atoms with Crippen molar-refractivity contribution in [1.29, 1.82) is 0 Å². The second kappa shape index (κ2) is 4.37.